The molecule has 5 atom stereocenters. The van der Waals surface area contributed by atoms with Gasteiger partial charge in [-0.15, -0.1) is 0 Å². The van der Waals surface area contributed by atoms with Crippen molar-refractivity contribution in [2.75, 3.05) is 6.61 Å². The summed E-state index contributed by atoms with van der Waals surface area (Å²) >= 11 is 0. The van der Waals surface area contributed by atoms with Crippen molar-refractivity contribution >= 4 is 5.91 Å². The first kappa shape index (κ1) is 16.3. The standard InChI is InChI=1S/C12H23NO6/c1-4-8(15)13-9-11(17)10(16)7(5-14)19-12(9)18-6(2)3/h6-7,9-12,14,16-17H,4-5H2,1-3H3,(H,13,15)/t7-,9-,10+,11-,12+/m1/s1. The van der Waals surface area contributed by atoms with Crippen molar-refractivity contribution in [2.24, 2.45) is 0 Å². The van der Waals surface area contributed by atoms with Crippen LogP contribution >= 0.6 is 0 Å². The molecule has 1 amide bonds. The zero-order valence-corrected chi connectivity index (χ0v) is 11.4. The van der Waals surface area contributed by atoms with Gasteiger partial charge in [0, 0.05) is 6.42 Å². The number of hydrogen-bond acceptors (Lipinski definition) is 6. The SMILES string of the molecule is CCC(=O)N[C@H]1[C@@H](OC(C)C)O[C@H](CO)[C@H](O)[C@@H]1O. The second kappa shape index (κ2) is 7.16. The van der Waals surface area contributed by atoms with E-state index in [1.54, 1.807) is 20.8 Å². The highest BCUT2D eigenvalue weighted by atomic mass is 16.7. The second-order valence-electron chi connectivity index (χ2n) is 4.84. The van der Waals surface area contributed by atoms with Crippen molar-refractivity contribution < 1.29 is 29.6 Å². The minimum absolute atomic E-state index is 0.187. The molecule has 0 aliphatic carbocycles. The molecule has 1 heterocycles. The van der Waals surface area contributed by atoms with E-state index in [0.717, 1.165) is 0 Å². The Balaban J connectivity index is 2.83. The van der Waals surface area contributed by atoms with E-state index in [1.807, 2.05) is 0 Å². The molecule has 7 heteroatoms. The average Bonchev–Trinajstić information content (AvgIpc) is 2.37. The number of carbonyl (C=O) groups excluding carboxylic acids is 1. The average molecular weight is 277 g/mol. The van der Waals surface area contributed by atoms with Crippen LogP contribution in [0.5, 0.6) is 0 Å². The Morgan fingerprint density at radius 2 is 2.00 bits per heavy atom. The van der Waals surface area contributed by atoms with Gasteiger partial charge in [0.2, 0.25) is 5.91 Å². The summed E-state index contributed by atoms with van der Waals surface area (Å²) in [6.07, 6.45) is -4.33. The van der Waals surface area contributed by atoms with Crippen LogP contribution in [0.3, 0.4) is 0 Å². The summed E-state index contributed by atoms with van der Waals surface area (Å²) in [5, 5.41) is 31.5. The van der Waals surface area contributed by atoms with Gasteiger partial charge in [0.25, 0.3) is 0 Å². The summed E-state index contributed by atoms with van der Waals surface area (Å²) in [5.41, 5.74) is 0. The fourth-order valence-corrected chi connectivity index (χ4v) is 1.91. The summed E-state index contributed by atoms with van der Waals surface area (Å²) in [6.45, 7) is 4.81. The summed E-state index contributed by atoms with van der Waals surface area (Å²) in [5.74, 6) is -0.278. The Kier molecular flexibility index (Phi) is 6.15. The second-order valence-corrected chi connectivity index (χ2v) is 4.84. The summed E-state index contributed by atoms with van der Waals surface area (Å²) in [6, 6.07) is -0.868. The van der Waals surface area contributed by atoms with Crippen LogP contribution in [0.15, 0.2) is 0 Å². The predicted molar refractivity (Wildman–Crippen MR) is 66.2 cm³/mol. The van der Waals surface area contributed by atoms with Gasteiger partial charge in [-0.2, -0.15) is 0 Å². The first-order chi connectivity index (χ1) is 8.90. The number of amides is 1. The van der Waals surface area contributed by atoms with Gasteiger partial charge in [-0.25, -0.2) is 0 Å². The maximum atomic E-state index is 11.5. The van der Waals surface area contributed by atoms with Crippen LogP contribution in [0.1, 0.15) is 27.2 Å². The van der Waals surface area contributed by atoms with Crippen molar-refractivity contribution in [3.63, 3.8) is 0 Å². The van der Waals surface area contributed by atoms with Crippen molar-refractivity contribution in [1.82, 2.24) is 5.32 Å². The third-order valence-electron chi connectivity index (χ3n) is 2.94. The van der Waals surface area contributed by atoms with E-state index in [1.165, 1.54) is 0 Å². The third-order valence-corrected chi connectivity index (χ3v) is 2.94. The Hall–Kier alpha value is -0.730. The maximum Gasteiger partial charge on any atom is 0.220 e. The molecule has 0 spiro atoms. The molecule has 1 saturated heterocycles. The highest BCUT2D eigenvalue weighted by Crippen LogP contribution is 2.23. The van der Waals surface area contributed by atoms with E-state index in [4.69, 9.17) is 14.6 Å². The number of hydrogen-bond donors (Lipinski definition) is 4. The highest BCUT2D eigenvalue weighted by molar-refractivity contribution is 5.76. The largest absolute Gasteiger partial charge is 0.394 e. The molecule has 0 radical (unpaired) electrons. The van der Waals surface area contributed by atoms with Crippen LogP contribution < -0.4 is 5.32 Å². The Bertz CT molecular complexity index is 298. The number of carbonyl (C=O) groups is 1. The first-order valence-electron chi connectivity index (χ1n) is 6.48. The Morgan fingerprint density at radius 3 is 2.47 bits per heavy atom. The predicted octanol–water partition coefficient (Wildman–Crippen LogP) is -1.25. The van der Waals surface area contributed by atoms with E-state index < -0.39 is 37.3 Å². The quantitative estimate of drug-likeness (QED) is 0.500. The van der Waals surface area contributed by atoms with Crippen LogP contribution in [-0.4, -0.2) is 64.6 Å². The van der Waals surface area contributed by atoms with E-state index in [2.05, 4.69) is 5.32 Å². The molecule has 7 nitrogen and oxygen atoms in total. The summed E-state index contributed by atoms with van der Waals surface area (Å²) in [7, 11) is 0. The van der Waals surface area contributed by atoms with Crippen LogP contribution in [-0.2, 0) is 14.3 Å². The van der Waals surface area contributed by atoms with Crippen molar-refractivity contribution in [2.45, 2.75) is 63.9 Å². The molecule has 1 aliphatic heterocycles. The molecule has 0 aromatic rings. The van der Waals surface area contributed by atoms with Gasteiger partial charge in [0.15, 0.2) is 6.29 Å². The normalized spacial score (nSPS) is 35.4. The smallest absolute Gasteiger partial charge is 0.220 e. The van der Waals surface area contributed by atoms with Crippen molar-refractivity contribution in [3.05, 3.63) is 0 Å². The van der Waals surface area contributed by atoms with E-state index in [0.29, 0.717) is 0 Å². The lowest BCUT2D eigenvalue weighted by Gasteiger charge is -2.42. The lowest BCUT2D eigenvalue weighted by atomic mass is 9.97. The van der Waals surface area contributed by atoms with Crippen LogP contribution in [0, 0.1) is 0 Å². The molecule has 1 aliphatic rings. The molecule has 1 fully saturated rings. The zero-order chi connectivity index (χ0) is 14.6. The number of ether oxygens (including phenoxy) is 2. The zero-order valence-electron chi connectivity index (χ0n) is 11.4. The number of aliphatic hydroxyl groups is 3. The third kappa shape index (κ3) is 4.12. The fraction of sp³-hybridized carbons (Fsp3) is 0.917. The Labute approximate surface area is 112 Å². The van der Waals surface area contributed by atoms with Gasteiger partial charge in [0.1, 0.15) is 24.4 Å². The van der Waals surface area contributed by atoms with Crippen LogP contribution in [0.25, 0.3) is 0 Å². The minimum Gasteiger partial charge on any atom is -0.394 e. The number of rotatable bonds is 5. The minimum atomic E-state index is -1.28. The van der Waals surface area contributed by atoms with Gasteiger partial charge in [-0.3, -0.25) is 4.79 Å². The number of nitrogens with one attached hydrogen (secondary N) is 1. The van der Waals surface area contributed by atoms with E-state index in [9.17, 15) is 15.0 Å². The highest BCUT2D eigenvalue weighted by Gasteiger charge is 2.45. The van der Waals surface area contributed by atoms with Crippen molar-refractivity contribution in [1.29, 1.82) is 0 Å². The molecular formula is C12H23NO6. The molecule has 0 aromatic carbocycles. The lowest BCUT2D eigenvalue weighted by Crippen LogP contribution is -2.65. The van der Waals surface area contributed by atoms with Gasteiger partial charge < -0.3 is 30.1 Å². The van der Waals surface area contributed by atoms with Gasteiger partial charge in [-0.05, 0) is 13.8 Å². The maximum absolute atomic E-state index is 11.5. The van der Waals surface area contributed by atoms with Gasteiger partial charge >= 0.3 is 0 Å². The molecule has 1 rings (SSSR count). The number of aliphatic hydroxyl groups excluding tert-OH is 3. The topological polar surface area (TPSA) is 108 Å². The van der Waals surface area contributed by atoms with E-state index >= 15 is 0 Å². The molecule has 0 unspecified atom stereocenters. The lowest BCUT2D eigenvalue weighted by molar-refractivity contribution is -0.278. The van der Waals surface area contributed by atoms with Crippen molar-refractivity contribution in [3.8, 4) is 0 Å². The Morgan fingerprint density at radius 1 is 1.37 bits per heavy atom. The molecule has 4 N–H and O–H groups in total. The van der Waals surface area contributed by atoms with Crippen LogP contribution in [0.4, 0.5) is 0 Å². The summed E-state index contributed by atoms with van der Waals surface area (Å²) < 4.78 is 10.9. The fourth-order valence-electron chi connectivity index (χ4n) is 1.91. The molecular weight excluding hydrogens is 254 g/mol. The molecule has 0 bridgehead atoms. The molecule has 0 saturated carbocycles. The molecule has 0 aromatic heterocycles. The summed E-state index contributed by atoms with van der Waals surface area (Å²) in [4.78, 5) is 11.5. The van der Waals surface area contributed by atoms with Gasteiger partial charge in [0.05, 0.1) is 12.7 Å². The van der Waals surface area contributed by atoms with Gasteiger partial charge in [-0.1, -0.05) is 6.92 Å². The monoisotopic (exact) mass is 277 g/mol. The first-order valence-corrected chi connectivity index (χ1v) is 6.48. The van der Waals surface area contributed by atoms with Crippen LogP contribution in [0.2, 0.25) is 0 Å². The molecule has 19 heavy (non-hydrogen) atoms. The molecule has 112 valence electrons. The van der Waals surface area contributed by atoms with E-state index in [-0.39, 0.29) is 18.4 Å².